The molecule has 0 saturated heterocycles. The third-order valence-corrected chi connectivity index (χ3v) is 3.55. The number of nitrogens with one attached hydrogen (secondary N) is 1. The molecule has 1 amide bonds. The predicted octanol–water partition coefficient (Wildman–Crippen LogP) is 3.24. The number of nitrogens with zero attached hydrogens (tertiary/aromatic N) is 1. The molecule has 0 aliphatic rings. The number of hydrogen-bond donors (Lipinski definition) is 1. The molecular formula is C18H17FN2O5. The van der Waals surface area contributed by atoms with E-state index in [-0.39, 0.29) is 12.1 Å². The molecule has 0 radical (unpaired) electrons. The van der Waals surface area contributed by atoms with Crippen molar-refractivity contribution in [1.82, 2.24) is 0 Å². The summed E-state index contributed by atoms with van der Waals surface area (Å²) in [6.45, 7) is 1.38. The summed E-state index contributed by atoms with van der Waals surface area (Å²) in [6, 6.07) is 12.3. The summed E-state index contributed by atoms with van der Waals surface area (Å²) in [5.74, 6) is -2.21. The number of amides is 1. The van der Waals surface area contributed by atoms with Gasteiger partial charge in [-0.2, -0.15) is 4.39 Å². The van der Waals surface area contributed by atoms with Crippen molar-refractivity contribution in [3.8, 4) is 0 Å². The number of carbonyl (C=O) groups excluding carboxylic acids is 2. The minimum Gasteiger partial charge on any atom is -0.453 e. The zero-order chi connectivity index (χ0) is 19.1. The number of benzene rings is 2. The molecule has 2 aromatic rings. The van der Waals surface area contributed by atoms with E-state index in [0.717, 1.165) is 17.7 Å². The van der Waals surface area contributed by atoms with Crippen LogP contribution in [0.3, 0.4) is 0 Å². The molecule has 0 fully saturated rings. The fourth-order valence-corrected chi connectivity index (χ4v) is 2.17. The van der Waals surface area contributed by atoms with Crippen LogP contribution in [0.5, 0.6) is 0 Å². The van der Waals surface area contributed by atoms with Gasteiger partial charge in [-0.15, -0.1) is 0 Å². The lowest BCUT2D eigenvalue weighted by atomic mass is 10.1. The first-order chi connectivity index (χ1) is 12.4. The lowest BCUT2D eigenvalue weighted by Crippen LogP contribution is -2.30. The number of nitro groups is 1. The zero-order valence-electron chi connectivity index (χ0n) is 14.0. The van der Waals surface area contributed by atoms with Crippen molar-refractivity contribution in [2.24, 2.45) is 0 Å². The van der Waals surface area contributed by atoms with Crippen molar-refractivity contribution in [2.75, 3.05) is 5.32 Å². The maximum absolute atomic E-state index is 13.3. The van der Waals surface area contributed by atoms with Gasteiger partial charge >= 0.3 is 11.7 Å². The molecule has 0 bridgehead atoms. The Bertz CT molecular complexity index is 810. The number of halogens is 1. The van der Waals surface area contributed by atoms with Gasteiger partial charge in [0, 0.05) is 18.2 Å². The average Bonchev–Trinajstić information content (AvgIpc) is 2.62. The van der Waals surface area contributed by atoms with Gasteiger partial charge in [-0.3, -0.25) is 19.7 Å². The van der Waals surface area contributed by atoms with Gasteiger partial charge in [0.1, 0.15) is 0 Å². The third kappa shape index (κ3) is 5.37. The van der Waals surface area contributed by atoms with E-state index < -0.39 is 34.4 Å². The topological polar surface area (TPSA) is 98.5 Å². The van der Waals surface area contributed by atoms with Gasteiger partial charge in [-0.25, -0.2) is 0 Å². The fourth-order valence-electron chi connectivity index (χ4n) is 2.17. The summed E-state index contributed by atoms with van der Waals surface area (Å²) in [5, 5.41) is 13.1. The van der Waals surface area contributed by atoms with Crippen LogP contribution in [0.15, 0.2) is 48.5 Å². The molecule has 136 valence electrons. The Morgan fingerprint density at radius 2 is 1.92 bits per heavy atom. The molecule has 2 rings (SSSR count). The number of rotatable bonds is 7. The molecule has 0 aliphatic heterocycles. The van der Waals surface area contributed by atoms with Gasteiger partial charge in [0.25, 0.3) is 5.91 Å². The highest BCUT2D eigenvalue weighted by molar-refractivity contribution is 5.95. The lowest BCUT2D eigenvalue weighted by Gasteiger charge is -2.13. The van der Waals surface area contributed by atoms with Crippen molar-refractivity contribution in [2.45, 2.75) is 25.9 Å². The minimum absolute atomic E-state index is 0.0373. The van der Waals surface area contributed by atoms with E-state index in [2.05, 4.69) is 5.32 Å². The summed E-state index contributed by atoms with van der Waals surface area (Å²) in [5.41, 5.74) is 0.255. The van der Waals surface area contributed by atoms with Gasteiger partial charge in [-0.1, -0.05) is 30.3 Å². The van der Waals surface area contributed by atoms with Crippen molar-refractivity contribution in [3.05, 3.63) is 70.0 Å². The normalized spacial score (nSPS) is 11.5. The zero-order valence-corrected chi connectivity index (χ0v) is 14.0. The van der Waals surface area contributed by atoms with E-state index in [4.69, 9.17) is 4.74 Å². The number of aryl methyl sites for hydroxylation is 1. The molecule has 0 aromatic heterocycles. The Labute approximate surface area is 148 Å². The molecule has 8 heteroatoms. The summed E-state index contributed by atoms with van der Waals surface area (Å²) >= 11 is 0. The largest absolute Gasteiger partial charge is 0.453 e. The summed E-state index contributed by atoms with van der Waals surface area (Å²) in [7, 11) is 0. The predicted molar refractivity (Wildman–Crippen MR) is 92.0 cm³/mol. The summed E-state index contributed by atoms with van der Waals surface area (Å²) in [4.78, 5) is 33.7. The van der Waals surface area contributed by atoms with E-state index in [9.17, 15) is 24.1 Å². The molecule has 1 atom stereocenters. The Balaban J connectivity index is 1.88. The third-order valence-electron chi connectivity index (χ3n) is 3.55. The standard InChI is InChI=1S/C18H17FN2O5/c1-12(26-17(22)10-7-13-5-3-2-4-6-13)18(23)20-14-8-9-15(19)16(11-14)21(24)25/h2-6,8-9,11-12H,7,10H2,1H3,(H,20,23)/t12-/m0/s1. The second kappa shape index (κ2) is 8.70. The first-order valence-corrected chi connectivity index (χ1v) is 7.85. The van der Waals surface area contributed by atoms with Crippen molar-refractivity contribution in [1.29, 1.82) is 0 Å². The molecule has 7 nitrogen and oxygen atoms in total. The van der Waals surface area contributed by atoms with Crippen molar-refractivity contribution in [3.63, 3.8) is 0 Å². The van der Waals surface area contributed by atoms with E-state index in [1.165, 1.54) is 13.0 Å². The highest BCUT2D eigenvalue weighted by Gasteiger charge is 2.20. The van der Waals surface area contributed by atoms with Crippen LogP contribution in [-0.2, 0) is 20.7 Å². The van der Waals surface area contributed by atoms with Crippen LogP contribution in [0, 0.1) is 15.9 Å². The lowest BCUT2D eigenvalue weighted by molar-refractivity contribution is -0.387. The van der Waals surface area contributed by atoms with Gasteiger partial charge < -0.3 is 10.1 Å². The quantitative estimate of drug-likeness (QED) is 0.464. The number of anilines is 1. The minimum atomic E-state index is -1.10. The molecule has 0 aliphatic carbocycles. The van der Waals surface area contributed by atoms with E-state index >= 15 is 0 Å². The van der Waals surface area contributed by atoms with Crippen LogP contribution in [-0.4, -0.2) is 22.9 Å². The van der Waals surface area contributed by atoms with E-state index in [1.807, 2.05) is 30.3 Å². The first-order valence-electron chi connectivity index (χ1n) is 7.85. The Hall–Kier alpha value is -3.29. The molecule has 0 unspecified atom stereocenters. The molecule has 0 saturated carbocycles. The van der Waals surface area contributed by atoms with Crippen molar-refractivity contribution < 1.29 is 23.6 Å². The average molecular weight is 360 g/mol. The molecular weight excluding hydrogens is 343 g/mol. The van der Waals surface area contributed by atoms with Crippen LogP contribution in [0.4, 0.5) is 15.8 Å². The first kappa shape index (κ1) is 19.0. The Kier molecular flexibility index (Phi) is 6.37. The smallest absolute Gasteiger partial charge is 0.306 e. The molecule has 0 heterocycles. The van der Waals surface area contributed by atoms with Gasteiger partial charge in [0.2, 0.25) is 5.82 Å². The maximum atomic E-state index is 13.3. The van der Waals surface area contributed by atoms with Crippen LogP contribution in [0.2, 0.25) is 0 Å². The molecule has 26 heavy (non-hydrogen) atoms. The Morgan fingerprint density at radius 3 is 2.58 bits per heavy atom. The van der Waals surface area contributed by atoms with E-state index in [1.54, 1.807) is 0 Å². The fraction of sp³-hybridized carbons (Fsp3) is 0.222. The summed E-state index contributed by atoms with van der Waals surface area (Å²) < 4.78 is 18.3. The molecule has 1 N–H and O–H groups in total. The van der Waals surface area contributed by atoms with Gasteiger partial charge in [0.15, 0.2) is 6.10 Å². The van der Waals surface area contributed by atoms with Gasteiger partial charge in [-0.05, 0) is 31.0 Å². The number of hydrogen-bond acceptors (Lipinski definition) is 5. The number of nitro benzene ring substituents is 1. The maximum Gasteiger partial charge on any atom is 0.306 e. The Morgan fingerprint density at radius 1 is 1.23 bits per heavy atom. The monoisotopic (exact) mass is 360 g/mol. The number of esters is 1. The molecule has 0 spiro atoms. The SMILES string of the molecule is C[C@H](OC(=O)CCc1ccccc1)C(=O)Nc1ccc(F)c([N+](=O)[O-])c1. The summed E-state index contributed by atoms with van der Waals surface area (Å²) in [6.07, 6.45) is -0.496. The van der Waals surface area contributed by atoms with Crippen LogP contribution in [0.25, 0.3) is 0 Å². The van der Waals surface area contributed by atoms with Crippen LogP contribution in [0.1, 0.15) is 18.9 Å². The number of carbonyl (C=O) groups is 2. The van der Waals surface area contributed by atoms with Crippen molar-refractivity contribution >= 4 is 23.3 Å². The highest BCUT2D eigenvalue weighted by atomic mass is 19.1. The van der Waals surface area contributed by atoms with E-state index in [0.29, 0.717) is 6.42 Å². The highest BCUT2D eigenvalue weighted by Crippen LogP contribution is 2.21. The van der Waals surface area contributed by atoms with Crippen LogP contribution >= 0.6 is 0 Å². The number of ether oxygens (including phenoxy) is 1. The molecule has 2 aromatic carbocycles. The van der Waals surface area contributed by atoms with Gasteiger partial charge in [0.05, 0.1) is 4.92 Å². The van der Waals surface area contributed by atoms with Crippen LogP contribution < -0.4 is 5.32 Å². The second-order valence-corrected chi connectivity index (χ2v) is 5.53. The second-order valence-electron chi connectivity index (χ2n) is 5.53.